The predicted octanol–water partition coefficient (Wildman–Crippen LogP) is 3.73. The quantitative estimate of drug-likeness (QED) is 0.829. The van der Waals surface area contributed by atoms with Gasteiger partial charge in [0.2, 0.25) is 0 Å². The van der Waals surface area contributed by atoms with Gasteiger partial charge in [-0.3, -0.25) is 4.79 Å². The van der Waals surface area contributed by atoms with E-state index >= 15 is 0 Å². The van der Waals surface area contributed by atoms with Crippen molar-refractivity contribution < 1.29 is 4.79 Å². The summed E-state index contributed by atoms with van der Waals surface area (Å²) in [7, 11) is 0. The number of anilines is 1. The molecule has 3 nitrogen and oxygen atoms in total. The number of rotatable bonds is 4. The van der Waals surface area contributed by atoms with Gasteiger partial charge in [-0.1, -0.05) is 19.8 Å². The second-order valence-corrected chi connectivity index (χ2v) is 6.34. The van der Waals surface area contributed by atoms with Gasteiger partial charge in [0.15, 0.2) is 0 Å². The Morgan fingerprint density at radius 1 is 1.42 bits per heavy atom. The largest absolute Gasteiger partial charge is 0.399 e. The van der Waals surface area contributed by atoms with Gasteiger partial charge >= 0.3 is 0 Å². The standard InChI is InChI=1S/C15H21BrN2O/c1-2-15(7-3-4-8-15)10-18-14(19)12-9-11(17)5-6-13(12)16/h5-6,9H,2-4,7-8,10,17H2,1H3,(H,18,19). The zero-order valence-corrected chi connectivity index (χ0v) is 12.9. The van der Waals surface area contributed by atoms with E-state index < -0.39 is 0 Å². The monoisotopic (exact) mass is 324 g/mol. The summed E-state index contributed by atoms with van der Waals surface area (Å²) in [6.07, 6.45) is 6.15. The summed E-state index contributed by atoms with van der Waals surface area (Å²) >= 11 is 3.40. The third-order valence-corrected chi connectivity index (χ3v) is 4.96. The van der Waals surface area contributed by atoms with Crippen LogP contribution in [0, 0.1) is 5.41 Å². The Morgan fingerprint density at radius 2 is 2.11 bits per heavy atom. The van der Waals surface area contributed by atoms with Crippen LogP contribution in [0.5, 0.6) is 0 Å². The van der Waals surface area contributed by atoms with Crippen molar-refractivity contribution in [2.24, 2.45) is 5.41 Å². The van der Waals surface area contributed by atoms with E-state index in [-0.39, 0.29) is 5.91 Å². The van der Waals surface area contributed by atoms with Gasteiger partial charge in [-0.2, -0.15) is 0 Å². The third kappa shape index (κ3) is 3.30. The fourth-order valence-corrected chi connectivity index (χ4v) is 3.29. The zero-order valence-electron chi connectivity index (χ0n) is 11.3. The average Bonchev–Trinajstić information content (AvgIpc) is 2.88. The molecule has 1 aromatic carbocycles. The van der Waals surface area contributed by atoms with Gasteiger partial charge in [-0.15, -0.1) is 0 Å². The summed E-state index contributed by atoms with van der Waals surface area (Å²) in [5.74, 6) is -0.0427. The molecular formula is C15H21BrN2O. The zero-order chi connectivity index (χ0) is 13.9. The molecule has 1 amide bonds. The van der Waals surface area contributed by atoms with Gasteiger partial charge < -0.3 is 11.1 Å². The molecule has 0 aliphatic heterocycles. The Morgan fingerprint density at radius 3 is 2.74 bits per heavy atom. The molecule has 0 atom stereocenters. The maximum Gasteiger partial charge on any atom is 0.252 e. The highest BCUT2D eigenvalue weighted by Crippen LogP contribution is 2.40. The van der Waals surface area contributed by atoms with Gasteiger partial charge in [-0.25, -0.2) is 0 Å². The number of amides is 1. The van der Waals surface area contributed by atoms with E-state index in [2.05, 4.69) is 28.2 Å². The lowest BCUT2D eigenvalue weighted by Gasteiger charge is -2.27. The Balaban J connectivity index is 2.03. The first-order chi connectivity index (χ1) is 9.06. The van der Waals surface area contributed by atoms with Gasteiger partial charge in [0.1, 0.15) is 0 Å². The second kappa shape index (κ2) is 5.95. The maximum absolute atomic E-state index is 12.2. The minimum absolute atomic E-state index is 0.0427. The van der Waals surface area contributed by atoms with E-state index in [1.54, 1.807) is 12.1 Å². The number of hydrogen-bond acceptors (Lipinski definition) is 2. The van der Waals surface area contributed by atoms with Crippen molar-refractivity contribution in [1.29, 1.82) is 0 Å². The molecule has 0 heterocycles. The molecule has 2 rings (SSSR count). The Labute approximate surface area is 123 Å². The molecule has 1 saturated carbocycles. The van der Waals surface area contributed by atoms with Crippen LogP contribution in [0.4, 0.5) is 5.69 Å². The topological polar surface area (TPSA) is 55.1 Å². The molecule has 4 heteroatoms. The molecule has 3 N–H and O–H groups in total. The number of carbonyl (C=O) groups excluding carboxylic acids is 1. The molecule has 0 radical (unpaired) electrons. The summed E-state index contributed by atoms with van der Waals surface area (Å²) in [6, 6.07) is 5.31. The van der Waals surface area contributed by atoms with Crippen LogP contribution in [0.25, 0.3) is 0 Å². The van der Waals surface area contributed by atoms with Crippen LogP contribution >= 0.6 is 15.9 Å². The van der Waals surface area contributed by atoms with Crippen LogP contribution in [0.1, 0.15) is 49.4 Å². The number of nitrogen functional groups attached to an aromatic ring is 1. The van der Waals surface area contributed by atoms with Gasteiger partial charge in [-0.05, 0) is 58.8 Å². The van der Waals surface area contributed by atoms with Crippen LogP contribution in [-0.4, -0.2) is 12.5 Å². The van der Waals surface area contributed by atoms with Crippen LogP contribution in [0.15, 0.2) is 22.7 Å². The van der Waals surface area contributed by atoms with Crippen molar-refractivity contribution in [3.05, 3.63) is 28.2 Å². The van der Waals surface area contributed by atoms with Crippen LogP contribution in [-0.2, 0) is 0 Å². The van der Waals surface area contributed by atoms with E-state index in [0.717, 1.165) is 17.4 Å². The lowest BCUT2D eigenvalue weighted by Crippen LogP contribution is -2.35. The summed E-state index contributed by atoms with van der Waals surface area (Å²) in [5, 5.41) is 3.08. The summed E-state index contributed by atoms with van der Waals surface area (Å²) in [5.41, 5.74) is 7.27. The van der Waals surface area contributed by atoms with Crippen LogP contribution in [0.3, 0.4) is 0 Å². The highest BCUT2D eigenvalue weighted by Gasteiger charge is 2.32. The molecule has 1 aromatic rings. The molecule has 0 unspecified atom stereocenters. The Bertz CT molecular complexity index is 467. The molecule has 1 fully saturated rings. The van der Waals surface area contributed by atoms with Crippen molar-refractivity contribution in [2.75, 3.05) is 12.3 Å². The van der Waals surface area contributed by atoms with Gasteiger partial charge in [0.25, 0.3) is 5.91 Å². The average molecular weight is 325 g/mol. The number of nitrogens with two attached hydrogens (primary N) is 1. The number of halogens is 1. The first-order valence-electron chi connectivity index (χ1n) is 6.89. The maximum atomic E-state index is 12.2. The number of hydrogen-bond donors (Lipinski definition) is 2. The molecule has 0 aromatic heterocycles. The van der Waals surface area contributed by atoms with Crippen molar-refractivity contribution in [1.82, 2.24) is 5.32 Å². The normalized spacial score (nSPS) is 17.4. The highest BCUT2D eigenvalue weighted by atomic mass is 79.9. The van der Waals surface area contributed by atoms with Crippen LogP contribution < -0.4 is 11.1 Å². The molecule has 1 aliphatic carbocycles. The molecule has 1 aliphatic rings. The summed E-state index contributed by atoms with van der Waals surface area (Å²) in [6.45, 7) is 2.98. The molecule has 104 valence electrons. The third-order valence-electron chi connectivity index (χ3n) is 4.27. The molecule has 0 bridgehead atoms. The smallest absolute Gasteiger partial charge is 0.252 e. The molecule has 0 spiro atoms. The fourth-order valence-electron chi connectivity index (χ4n) is 2.86. The lowest BCUT2D eigenvalue weighted by atomic mass is 9.83. The SMILES string of the molecule is CCC1(CNC(=O)c2cc(N)ccc2Br)CCCC1. The minimum Gasteiger partial charge on any atom is -0.399 e. The van der Waals surface area contributed by atoms with Crippen molar-refractivity contribution >= 4 is 27.5 Å². The van der Waals surface area contributed by atoms with E-state index in [0.29, 0.717) is 16.7 Å². The van der Waals surface area contributed by atoms with Crippen molar-refractivity contribution in [3.63, 3.8) is 0 Å². The summed E-state index contributed by atoms with van der Waals surface area (Å²) < 4.78 is 0.788. The lowest BCUT2D eigenvalue weighted by molar-refractivity contribution is 0.0928. The second-order valence-electron chi connectivity index (χ2n) is 5.48. The van der Waals surface area contributed by atoms with Gasteiger partial charge in [0.05, 0.1) is 5.56 Å². The van der Waals surface area contributed by atoms with E-state index in [9.17, 15) is 4.79 Å². The molecule has 19 heavy (non-hydrogen) atoms. The van der Waals surface area contributed by atoms with Crippen molar-refractivity contribution in [3.8, 4) is 0 Å². The number of benzene rings is 1. The van der Waals surface area contributed by atoms with Gasteiger partial charge in [0, 0.05) is 16.7 Å². The number of carbonyl (C=O) groups is 1. The van der Waals surface area contributed by atoms with E-state index in [4.69, 9.17) is 5.73 Å². The van der Waals surface area contributed by atoms with E-state index in [1.807, 2.05) is 6.07 Å². The first-order valence-corrected chi connectivity index (χ1v) is 7.69. The fraction of sp³-hybridized carbons (Fsp3) is 0.533. The van der Waals surface area contributed by atoms with E-state index in [1.165, 1.54) is 25.7 Å². The first kappa shape index (κ1) is 14.4. The highest BCUT2D eigenvalue weighted by molar-refractivity contribution is 9.10. The molecule has 0 saturated heterocycles. The van der Waals surface area contributed by atoms with Crippen LogP contribution in [0.2, 0.25) is 0 Å². The molecular weight excluding hydrogens is 304 g/mol. The summed E-state index contributed by atoms with van der Waals surface area (Å²) in [4.78, 5) is 12.2. The Hall–Kier alpha value is -1.03. The van der Waals surface area contributed by atoms with Crippen molar-refractivity contribution in [2.45, 2.75) is 39.0 Å². The number of nitrogens with one attached hydrogen (secondary N) is 1. The Kier molecular flexibility index (Phi) is 4.50. The predicted molar refractivity (Wildman–Crippen MR) is 82.1 cm³/mol. The minimum atomic E-state index is -0.0427.